The van der Waals surface area contributed by atoms with E-state index in [1.807, 2.05) is 0 Å². The first-order chi connectivity index (χ1) is 10.2. The molecule has 114 valence electrons. The standard InChI is InChI=1S/C16H22N2O2S/c1-11-15(19)17-8-9-18(11)16(20)14-10-12-6-4-2-3-5-7-13(12)21-14/h10-11H,2-9H2,1H3,(H,17,19). The van der Waals surface area contributed by atoms with Crippen LogP contribution in [0.5, 0.6) is 0 Å². The number of rotatable bonds is 1. The van der Waals surface area contributed by atoms with E-state index in [1.54, 1.807) is 23.2 Å². The molecule has 0 bridgehead atoms. The highest BCUT2D eigenvalue weighted by atomic mass is 32.1. The number of amides is 2. The van der Waals surface area contributed by atoms with Crippen LogP contribution in [0.15, 0.2) is 6.07 Å². The van der Waals surface area contributed by atoms with Crippen LogP contribution >= 0.6 is 11.3 Å². The number of nitrogens with one attached hydrogen (secondary N) is 1. The summed E-state index contributed by atoms with van der Waals surface area (Å²) in [5, 5.41) is 2.80. The van der Waals surface area contributed by atoms with Gasteiger partial charge in [0.1, 0.15) is 6.04 Å². The fourth-order valence-electron chi connectivity index (χ4n) is 3.15. The third-order valence-corrected chi connectivity index (χ3v) is 5.69. The average Bonchev–Trinajstić information content (AvgIpc) is 2.83. The van der Waals surface area contributed by atoms with E-state index < -0.39 is 0 Å². The van der Waals surface area contributed by atoms with Crippen molar-refractivity contribution >= 4 is 23.2 Å². The Hall–Kier alpha value is -1.36. The maximum atomic E-state index is 12.7. The Kier molecular flexibility index (Phi) is 4.29. The zero-order valence-corrected chi connectivity index (χ0v) is 13.3. The van der Waals surface area contributed by atoms with Gasteiger partial charge in [0.05, 0.1) is 4.88 Å². The van der Waals surface area contributed by atoms with Crippen LogP contribution in [0, 0.1) is 0 Å². The molecule has 1 atom stereocenters. The van der Waals surface area contributed by atoms with Crippen molar-refractivity contribution in [3.63, 3.8) is 0 Å². The molecule has 1 unspecified atom stereocenters. The van der Waals surface area contributed by atoms with Gasteiger partial charge in [0.15, 0.2) is 0 Å². The van der Waals surface area contributed by atoms with Gasteiger partial charge < -0.3 is 10.2 Å². The Morgan fingerprint density at radius 1 is 1.29 bits per heavy atom. The highest BCUT2D eigenvalue weighted by Crippen LogP contribution is 2.29. The van der Waals surface area contributed by atoms with Crippen LogP contribution in [-0.4, -0.2) is 35.8 Å². The lowest BCUT2D eigenvalue weighted by molar-refractivity contribution is -0.127. The van der Waals surface area contributed by atoms with E-state index in [2.05, 4.69) is 11.4 Å². The minimum atomic E-state index is -0.365. The van der Waals surface area contributed by atoms with Crippen LogP contribution in [0.3, 0.4) is 0 Å². The second kappa shape index (κ2) is 6.18. The Labute approximate surface area is 129 Å². The van der Waals surface area contributed by atoms with Gasteiger partial charge in [-0.3, -0.25) is 9.59 Å². The van der Waals surface area contributed by atoms with Gasteiger partial charge >= 0.3 is 0 Å². The highest BCUT2D eigenvalue weighted by molar-refractivity contribution is 7.14. The lowest BCUT2D eigenvalue weighted by atomic mass is 9.99. The van der Waals surface area contributed by atoms with E-state index in [0.717, 1.165) is 17.7 Å². The molecule has 1 saturated heterocycles. The molecule has 5 heteroatoms. The van der Waals surface area contributed by atoms with E-state index in [9.17, 15) is 9.59 Å². The number of thiophene rings is 1. The number of hydrogen-bond acceptors (Lipinski definition) is 3. The summed E-state index contributed by atoms with van der Waals surface area (Å²) in [5.41, 5.74) is 1.36. The molecule has 1 aliphatic heterocycles. The molecular weight excluding hydrogens is 284 g/mol. The van der Waals surface area contributed by atoms with E-state index in [1.165, 1.54) is 36.1 Å². The van der Waals surface area contributed by atoms with Crippen molar-refractivity contribution in [3.8, 4) is 0 Å². The van der Waals surface area contributed by atoms with Crippen molar-refractivity contribution in [2.45, 2.75) is 51.5 Å². The van der Waals surface area contributed by atoms with Crippen LogP contribution in [0.25, 0.3) is 0 Å². The summed E-state index contributed by atoms with van der Waals surface area (Å²) in [6, 6.07) is 1.71. The van der Waals surface area contributed by atoms with E-state index in [-0.39, 0.29) is 17.9 Å². The molecule has 2 amide bonds. The van der Waals surface area contributed by atoms with Gasteiger partial charge in [-0.05, 0) is 44.2 Å². The lowest BCUT2D eigenvalue weighted by Gasteiger charge is -2.32. The first-order valence-corrected chi connectivity index (χ1v) is 8.69. The van der Waals surface area contributed by atoms with Crippen LogP contribution in [-0.2, 0) is 17.6 Å². The largest absolute Gasteiger partial charge is 0.353 e. The average molecular weight is 306 g/mol. The Bertz CT molecular complexity index is 527. The number of piperazine rings is 1. The minimum Gasteiger partial charge on any atom is -0.353 e. The van der Waals surface area contributed by atoms with Crippen LogP contribution in [0.2, 0.25) is 0 Å². The summed E-state index contributed by atoms with van der Waals surface area (Å²) in [5.74, 6) is -0.0291. The van der Waals surface area contributed by atoms with E-state index >= 15 is 0 Å². The molecule has 2 aliphatic rings. The van der Waals surface area contributed by atoms with Crippen molar-refractivity contribution in [1.29, 1.82) is 0 Å². The zero-order valence-electron chi connectivity index (χ0n) is 12.5. The molecule has 0 radical (unpaired) electrons. The van der Waals surface area contributed by atoms with E-state index in [0.29, 0.717) is 13.1 Å². The quantitative estimate of drug-likeness (QED) is 0.866. The normalized spacial score (nSPS) is 23.0. The Morgan fingerprint density at radius 3 is 2.86 bits per heavy atom. The summed E-state index contributed by atoms with van der Waals surface area (Å²) >= 11 is 1.64. The predicted octanol–water partition coefficient (Wildman–Crippen LogP) is 2.37. The summed E-state index contributed by atoms with van der Waals surface area (Å²) < 4.78 is 0. The summed E-state index contributed by atoms with van der Waals surface area (Å²) in [7, 11) is 0. The molecule has 1 aromatic heterocycles. The topological polar surface area (TPSA) is 49.4 Å². The molecular formula is C16H22N2O2S. The summed E-state index contributed by atoms with van der Waals surface area (Å²) in [4.78, 5) is 28.3. The first kappa shape index (κ1) is 14.6. The summed E-state index contributed by atoms with van der Waals surface area (Å²) in [6.45, 7) is 2.96. The maximum absolute atomic E-state index is 12.7. The van der Waals surface area contributed by atoms with Gasteiger partial charge in [-0.1, -0.05) is 12.8 Å². The lowest BCUT2D eigenvalue weighted by Crippen LogP contribution is -2.55. The Balaban J connectivity index is 1.81. The molecule has 4 nitrogen and oxygen atoms in total. The number of hydrogen-bond donors (Lipinski definition) is 1. The predicted molar refractivity (Wildman–Crippen MR) is 83.7 cm³/mol. The number of carbonyl (C=O) groups excluding carboxylic acids is 2. The second-order valence-electron chi connectivity index (χ2n) is 5.94. The van der Waals surface area contributed by atoms with Crippen molar-refractivity contribution in [2.75, 3.05) is 13.1 Å². The maximum Gasteiger partial charge on any atom is 0.264 e. The number of fused-ring (bicyclic) bond motifs is 1. The van der Waals surface area contributed by atoms with Crippen molar-refractivity contribution < 1.29 is 9.59 Å². The van der Waals surface area contributed by atoms with Gasteiger partial charge in [0.25, 0.3) is 5.91 Å². The molecule has 21 heavy (non-hydrogen) atoms. The highest BCUT2D eigenvalue weighted by Gasteiger charge is 2.31. The Morgan fingerprint density at radius 2 is 2.05 bits per heavy atom. The van der Waals surface area contributed by atoms with Crippen molar-refractivity contribution in [3.05, 3.63) is 21.4 Å². The molecule has 1 N–H and O–H groups in total. The first-order valence-electron chi connectivity index (χ1n) is 7.87. The molecule has 0 saturated carbocycles. The van der Waals surface area contributed by atoms with Gasteiger partial charge in [-0.15, -0.1) is 11.3 Å². The van der Waals surface area contributed by atoms with Crippen molar-refractivity contribution in [2.24, 2.45) is 0 Å². The smallest absolute Gasteiger partial charge is 0.264 e. The molecule has 0 aromatic carbocycles. The van der Waals surface area contributed by atoms with Gasteiger partial charge in [0.2, 0.25) is 5.91 Å². The molecule has 0 spiro atoms. The zero-order chi connectivity index (χ0) is 14.8. The molecule has 1 aliphatic carbocycles. The van der Waals surface area contributed by atoms with E-state index in [4.69, 9.17) is 0 Å². The van der Waals surface area contributed by atoms with Crippen LogP contribution < -0.4 is 5.32 Å². The number of aryl methyl sites for hydroxylation is 2. The minimum absolute atomic E-state index is 0.0223. The van der Waals surface area contributed by atoms with Crippen LogP contribution in [0.1, 0.15) is 52.7 Å². The van der Waals surface area contributed by atoms with Crippen LogP contribution in [0.4, 0.5) is 0 Å². The van der Waals surface area contributed by atoms with Gasteiger partial charge in [-0.25, -0.2) is 0 Å². The third kappa shape index (κ3) is 2.98. The fourth-order valence-corrected chi connectivity index (χ4v) is 4.36. The monoisotopic (exact) mass is 306 g/mol. The molecule has 1 aromatic rings. The fraction of sp³-hybridized carbons (Fsp3) is 0.625. The summed E-state index contributed by atoms with van der Waals surface area (Å²) in [6.07, 6.45) is 7.23. The molecule has 2 heterocycles. The SMILES string of the molecule is CC1C(=O)NCCN1C(=O)c1cc2c(s1)CCCCCC2. The third-order valence-electron chi connectivity index (χ3n) is 4.47. The van der Waals surface area contributed by atoms with Crippen molar-refractivity contribution in [1.82, 2.24) is 10.2 Å². The molecule has 1 fully saturated rings. The molecule has 3 rings (SSSR count). The van der Waals surface area contributed by atoms with Gasteiger partial charge in [0, 0.05) is 18.0 Å². The van der Waals surface area contributed by atoms with Gasteiger partial charge in [-0.2, -0.15) is 0 Å². The number of nitrogens with zero attached hydrogens (tertiary/aromatic N) is 1. The second-order valence-corrected chi connectivity index (χ2v) is 7.08. The number of carbonyl (C=O) groups is 2.